The lowest BCUT2D eigenvalue weighted by Gasteiger charge is -2.14. The van der Waals surface area contributed by atoms with Gasteiger partial charge in [0, 0.05) is 21.7 Å². The number of thiophene rings is 1. The third-order valence-electron chi connectivity index (χ3n) is 3.05. The van der Waals surface area contributed by atoms with Crippen LogP contribution >= 0.6 is 11.3 Å². The smallest absolute Gasteiger partial charge is 0.223 e. The maximum atomic E-state index is 12.1. The summed E-state index contributed by atoms with van der Waals surface area (Å²) in [5.41, 5.74) is 0.895. The van der Waals surface area contributed by atoms with Gasteiger partial charge in [0.05, 0.1) is 6.54 Å². The largest absolute Gasteiger partial charge is 0.384 e. The molecule has 1 aromatic rings. The molecule has 0 atom stereocenters. The van der Waals surface area contributed by atoms with E-state index in [-0.39, 0.29) is 18.4 Å². The summed E-state index contributed by atoms with van der Waals surface area (Å²) in [6.07, 6.45) is 3.99. The first-order valence-corrected chi connectivity index (χ1v) is 8.04. The Morgan fingerprint density at radius 3 is 2.70 bits per heavy atom. The van der Waals surface area contributed by atoms with Crippen LogP contribution in [0.25, 0.3) is 0 Å². The summed E-state index contributed by atoms with van der Waals surface area (Å²) >= 11 is 1.58. The van der Waals surface area contributed by atoms with Crippen LogP contribution < -0.4 is 5.32 Å². The molecule has 1 heterocycles. The molecule has 0 radical (unpaired) electrons. The molecule has 0 unspecified atom stereocenters. The van der Waals surface area contributed by atoms with E-state index in [9.17, 15) is 4.79 Å². The molecule has 0 saturated carbocycles. The highest BCUT2D eigenvalue weighted by atomic mass is 32.1. The van der Waals surface area contributed by atoms with E-state index in [1.165, 1.54) is 0 Å². The number of aliphatic hydroxyl groups excluding tert-OH is 1. The van der Waals surface area contributed by atoms with E-state index in [0.717, 1.165) is 36.1 Å². The van der Waals surface area contributed by atoms with Crippen LogP contribution in [0.4, 0.5) is 0 Å². The average molecular weight is 293 g/mol. The van der Waals surface area contributed by atoms with Crippen LogP contribution in [-0.4, -0.2) is 17.6 Å². The second-order valence-corrected chi connectivity index (χ2v) is 5.75. The van der Waals surface area contributed by atoms with Gasteiger partial charge in [-0.25, -0.2) is 0 Å². The number of carbonyl (C=O) groups is 1. The van der Waals surface area contributed by atoms with Crippen molar-refractivity contribution in [3.63, 3.8) is 0 Å². The average Bonchev–Trinajstić information content (AvgIpc) is 2.90. The molecule has 2 N–H and O–H groups in total. The number of nitrogens with one attached hydrogen (secondary N) is 1. The van der Waals surface area contributed by atoms with Crippen LogP contribution in [0, 0.1) is 17.8 Å². The van der Waals surface area contributed by atoms with Crippen molar-refractivity contribution in [2.24, 2.45) is 5.92 Å². The van der Waals surface area contributed by atoms with E-state index < -0.39 is 0 Å². The van der Waals surface area contributed by atoms with Crippen molar-refractivity contribution in [1.29, 1.82) is 0 Å². The van der Waals surface area contributed by atoms with Gasteiger partial charge in [0.1, 0.15) is 6.61 Å². The molecule has 0 aliphatic carbocycles. The molecule has 0 saturated heterocycles. The Balaban J connectivity index is 2.48. The first kappa shape index (κ1) is 16.7. The molecule has 0 fully saturated rings. The van der Waals surface area contributed by atoms with Crippen molar-refractivity contribution >= 4 is 17.2 Å². The van der Waals surface area contributed by atoms with Crippen molar-refractivity contribution in [1.82, 2.24) is 5.32 Å². The summed E-state index contributed by atoms with van der Waals surface area (Å²) in [6.45, 7) is 4.66. The molecule has 1 amide bonds. The van der Waals surface area contributed by atoms with E-state index in [1.54, 1.807) is 11.3 Å². The van der Waals surface area contributed by atoms with E-state index >= 15 is 0 Å². The van der Waals surface area contributed by atoms with Crippen LogP contribution in [-0.2, 0) is 11.3 Å². The van der Waals surface area contributed by atoms with Crippen LogP contribution in [0.5, 0.6) is 0 Å². The van der Waals surface area contributed by atoms with E-state index in [4.69, 9.17) is 5.11 Å². The van der Waals surface area contributed by atoms with Crippen LogP contribution in [0.2, 0.25) is 0 Å². The predicted molar refractivity (Wildman–Crippen MR) is 83.4 cm³/mol. The Labute approximate surface area is 125 Å². The van der Waals surface area contributed by atoms with E-state index in [1.807, 2.05) is 11.4 Å². The summed E-state index contributed by atoms with van der Waals surface area (Å²) in [6, 6.07) is 1.96. The number of hydrogen-bond donors (Lipinski definition) is 2. The van der Waals surface area contributed by atoms with Crippen molar-refractivity contribution in [2.75, 3.05) is 6.61 Å². The maximum Gasteiger partial charge on any atom is 0.223 e. The first-order chi connectivity index (χ1) is 9.71. The summed E-state index contributed by atoms with van der Waals surface area (Å²) in [5.74, 6) is 5.78. The van der Waals surface area contributed by atoms with Crippen molar-refractivity contribution in [2.45, 2.75) is 46.1 Å². The van der Waals surface area contributed by atoms with Gasteiger partial charge in [-0.1, -0.05) is 38.5 Å². The van der Waals surface area contributed by atoms with Crippen molar-refractivity contribution < 1.29 is 9.90 Å². The normalized spacial score (nSPS) is 10.2. The SMILES string of the molecule is CCCC(CCC)C(=O)NCc1cc(C#CCO)cs1. The highest BCUT2D eigenvalue weighted by molar-refractivity contribution is 7.10. The summed E-state index contributed by atoms with van der Waals surface area (Å²) in [5, 5.41) is 13.6. The third kappa shape index (κ3) is 5.77. The van der Waals surface area contributed by atoms with Gasteiger partial charge in [-0.3, -0.25) is 4.79 Å². The fourth-order valence-corrected chi connectivity index (χ4v) is 2.86. The third-order valence-corrected chi connectivity index (χ3v) is 3.98. The molecule has 4 heteroatoms. The van der Waals surface area contributed by atoms with Gasteiger partial charge in [-0.2, -0.15) is 0 Å². The van der Waals surface area contributed by atoms with E-state index in [0.29, 0.717) is 6.54 Å². The zero-order chi connectivity index (χ0) is 14.8. The molecule has 1 aromatic heterocycles. The van der Waals surface area contributed by atoms with E-state index in [2.05, 4.69) is 31.0 Å². The maximum absolute atomic E-state index is 12.1. The quantitative estimate of drug-likeness (QED) is 0.759. The van der Waals surface area contributed by atoms with Crippen molar-refractivity contribution in [3.8, 4) is 11.8 Å². The van der Waals surface area contributed by atoms with Gasteiger partial charge in [0.15, 0.2) is 0 Å². The number of carbonyl (C=O) groups excluding carboxylic acids is 1. The fraction of sp³-hybridized carbons (Fsp3) is 0.562. The molecular weight excluding hydrogens is 270 g/mol. The van der Waals surface area contributed by atoms with Crippen LogP contribution in [0.3, 0.4) is 0 Å². The van der Waals surface area contributed by atoms with Gasteiger partial charge in [0.2, 0.25) is 5.91 Å². The highest BCUT2D eigenvalue weighted by Crippen LogP contribution is 2.16. The molecule has 0 aromatic carbocycles. The van der Waals surface area contributed by atoms with Gasteiger partial charge < -0.3 is 10.4 Å². The molecule has 20 heavy (non-hydrogen) atoms. The standard InChI is InChI=1S/C16H23NO2S/c1-3-6-14(7-4-2)16(19)17-11-15-10-13(12-20-15)8-5-9-18/h10,12,14,18H,3-4,6-7,9,11H2,1-2H3,(H,17,19). The second kappa shape index (κ2) is 9.57. The number of aliphatic hydroxyl groups is 1. The van der Waals surface area contributed by atoms with Crippen molar-refractivity contribution in [3.05, 3.63) is 21.9 Å². The Kier molecular flexibility index (Phi) is 8.01. The monoisotopic (exact) mass is 293 g/mol. The fourth-order valence-electron chi connectivity index (χ4n) is 2.10. The molecule has 0 aliphatic rings. The number of amides is 1. The molecule has 3 nitrogen and oxygen atoms in total. The van der Waals surface area contributed by atoms with Crippen LogP contribution in [0.15, 0.2) is 11.4 Å². The molecule has 1 rings (SSSR count). The number of hydrogen-bond acceptors (Lipinski definition) is 3. The molecule has 110 valence electrons. The Morgan fingerprint density at radius 1 is 1.40 bits per heavy atom. The number of rotatable bonds is 7. The Hall–Kier alpha value is -1.31. The zero-order valence-corrected chi connectivity index (χ0v) is 13.1. The topological polar surface area (TPSA) is 49.3 Å². The minimum absolute atomic E-state index is 0.127. The Bertz CT molecular complexity index is 464. The lowest BCUT2D eigenvalue weighted by molar-refractivity contribution is -0.125. The van der Waals surface area contributed by atoms with Gasteiger partial charge in [-0.15, -0.1) is 11.3 Å². The molecule has 0 spiro atoms. The summed E-state index contributed by atoms with van der Waals surface area (Å²) in [4.78, 5) is 13.2. The van der Waals surface area contributed by atoms with Crippen LogP contribution in [0.1, 0.15) is 50.0 Å². The summed E-state index contributed by atoms with van der Waals surface area (Å²) in [7, 11) is 0. The lowest BCUT2D eigenvalue weighted by Crippen LogP contribution is -2.30. The molecular formula is C16H23NO2S. The van der Waals surface area contributed by atoms with Gasteiger partial charge in [-0.05, 0) is 18.9 Å². The predicted octanol–water partition coefficient (Wildman–Crippen LogP) is 2.92. The molecule has 0 aliphatic heterocycles. The zero-order valence-electron chi connectivity index (χ0n) is 12.2. The second-order valence-electron chi connectivity index (χ2n) is 4.75. The van der Waals surface area contributed by atoms with Gasteiger partial charge in [0.25, 0.3) is 0 Å². The Morgan fingerprint density at radius 2 is 2.10 bits per heavy atom. The minimum Gasteiger partial charge on any atom is -0.384 e. The minimum atomic E-state index is -0.127. The summed E-state index contributed by atoms with van der Waals surface area (Å²) < 4.78 is 0. The van der Waals surface area contributed by atoms with Gasteiger partial charge >= 0.3 is 0 Å². The lowest BCUT2D eigenvalue weighted by atomic mass is 9.97. The first-order valence-electron chi connectivity index (χ1n) is 7.16. The molecule has 0 bridgehead atoms. The highest BCUT2D eigenvalue weighted by Gasteiger charge is 2.16.